The highest BCUT2D eigenvalue weighted by Crippen LogP contribution is 2.32. The number of carbonyl (C=O) groups is 1. The summed E-state index contributed by atoms with van der Waals surface area (Å²) in [4.78, 5) is 11.9. The van der Waals surface area contributed by atoms with Crippen LogP contribution < -0.4 is 0 Å². The number of carbonyl (C=O) groups excluding carboxylic acids is 1. The number of hydrogen-bond acceptors (Lipinski definition) is 1. The van der Waals surface area contributed by atoms with Crippen LogP contribution in [0.2, 0.25) is 0 Å². The molecule has 0 aromatic heterocycles. The van der Waals surface area contributed by atoms with E-state index in [-0.39, 0.29) is 11.7 Å². The van der Waals surface area contributed by atoms with Crippen molar-refractivity contribution in [2.45, 2.75) is 45.4 Å². The molecule has 0 aliphatic heterocycles. The minimum Gasteiger partial charge on any atom is -0.299 e. The Labute approximate surface area is 113 Å². The SMILES string of the molecule is CCCC1CCC(=O)C(Cc2cccc(F)c2F)C1. The maximum atomic E-state index is 13.6. The zero-order valence-electron chi connectivity index (χ0n) is 11.3. The number of ketones is 1. The van der Waals surface area contributed by atoms with E-state index >= 15 is 0 Å². The van der Waals surface area contributed by atoms with Crippen LogP contribution in [0, 0.1) is 23.5 Å². The fourth-order valence-corrected chi connectivity index (χ4v) is 3.04. The lowest BCUT2D eigenvalue weighted by Crippen LogP contribution is -2.27. The zero-order valence-corrected chi connectivity index (χ0v) is 11.3. The van der Waals surface area contributed by atoms with Crippen molar-refractivity contribution in [2.75, 3.05) is 0 Å². The molecule has 1 nitrogen and oxygen atoms in total. The minimum absolute atomic E-state index is 0.137. The molecule has 0 amide bonds. The van der Waals surface area contributed by atoms with E-state index in [1.807, 2.05) is 0 Å². The first-order valence-electron chi connectivity index (χ1n) is 7.07. The van der Waals surface area contributed by atoms with Gasteiger partial charge in [-0.3, -0.25) is 4.79 Å². The quantitative estimate of drug-likeness (QED) is 0.794. The summed E-state index contributed by atoms with van der Waals surface area (Å²) in [5.41, 5.74) is 0.329. The van der Waals surface area contributed by atoms with Crippen molar-refractivity contribution in [1.82, 2.24) is 0 Å². The minimum atomic E-state index is -0.828. The number of rotatable bonds is 4. The van der Waals surface area contributed by atoms with E-state index in [0.717, 1.165) is 31.7 Å². The standard InChI is InChI=1S/C16H20F2O/c1-2-4-11-7-8-15(19)13(9-11)10-12-5-3-6-14(17)16(12)18/h3,5-6,11,13H,2,4,7-10H2,1H3. The van der Waals surface area contributed by atoms with Crippen molar-refractivity contribution in [3.63, 3.8) is 0 Å². The van der Waals surface area contributed by atoms with Crippen LogP contribution in [0.25, 0.3) is 0 Å². The molecule has 104 valence electrons. The molecule has 19 heavy (non-hydrogen) atoms. The number of Topliss-reactive ketones (excluding diaryl/α,β-unsaturated/α-hetero) is 1. The summed E-state index contributed by atoms with van der Waals surface area (Å²) in [5.74, 6) is -0.999. The predicted molar refractivity (Wildman–Crippen MR) is 70.8 cm³/mol. The second-order valence-electron chi connectivity index (χ2n) is 5.51. The van der Waals surface area contributed by atoms with Gasteiger partial charge in [-0.15, -0.1) is 0 Å². The van der Waals surface area contributed by atoms with E-state index in [1.165, 1.54) is 6.07 Å². The fraction of sp³-hybridized carbons (Fsp3) is 0.562. The molecule has 0 spiro atoms. The number of benzene rings is 1. The lowest BCUT2D eigenvalue weighted by molar-refractivity contribution is -0.125. The monoisotopic (exact) mass is 266 g/mol. The average Bonchev–Trinajstić information content (AvgIpc) is 2.39. The van der Waals surface area contributed by atoms with Gasteiger partial charge in [0.15, 0.2) is 11.6 Å². The second kappa shape index (κ2) is 6.27. The normalized spacial score (nSPS) is 23.6. The molecule has 1 aliphatic rings. The summed E-state index contributed by atoms with van der Waals surface area (Å²) in [6, 6.07) is 4.20. The maximum absolute atomic E-state index is 13.6. The Morgan fingerprint density at radius 3 is 2.84 bits per heavy atom. The van der Waals surface area contributed by atoms with Crippen LogP contribution in [0.3, 0.4) is 0 Å². The number of halogens is 2. The molecular weight excluding hydrogens is 246 g/mol. The Morgan fingerprint density at radius 1 is 1.32 bits per heavy atom. The Hall–Kier alpha value is -1.25. The van der Waals surface area contributed by atoms with Gasteiger partial charge in [-0.1, -0.05) is 31.9 Å². The predicted octanol–water partition coefficient (Wildman–Crippen LogP) is 4.29. The second-order valence-corrected chi connectivity index (χ2v) is 5.51. The van der Waals surface area contributed by atoms with Gasteiger partial charge in [0.05, 0.1) is 0 Å². The van der Waals surface area contributed by atoms with Gasteiger partial charge in [-0.2, -0.15) is 0 Å². The molecule has 0 heterocycles. The summed E-state index contributed by atoms with van der Waals surface area (Å²) in [7, 11) is 0. The van der Waals surface area contributed by atoms with Gasteiger partial charge in [-0.05, 0) is 36.8 Å². The van der Waals surface area contributed by atoms with Gasteiger partial charge in [0.2, 0.25) is 0 Å². The van der Waals surface area contributed by atoms with Gasteiger partial charge in [-0.25, -0.2) is 8.78 Å². The topological polar surface area (TPSA) is 17.1 Å². The van der Waals surface area contributed by atoms with Crippen LogP contribution in [-0.4, -0.2) is 5.78 Å². The van der Waals surface area contributed by atoms with E-state index < -0.39 is 11.6 Å². The summed E-state index contributed by atoms with van der Waals surface area (Å²) in [5, 5.41) is 0. The summed E-state index contributed by atoms with van der Waals surface area (Å²) >= 11 is 0. The van der Waals surface area contributed by atoms with E-state index in [9.17, 15) is 13.6 Å². The van der Waals surface area contributed by atoms with Gasteiger partial charge in [0, 0.05) is 12.3 Å². The smallest absolute Gasteiger partial charge is 0.162 e. The van der Waals surface area contributed by atoms with Gasteiger partial charge in [0.1, 0.15) is 5.78 Å². The lowest BCUT2D eigenvalue weighted by Gasteiger charge is -2.28. The van der Waals surface area contributed by atoms with Crippen molar-refractivity contribution < 1.29 is 13.6 Å². The van der Waals surface area contributed by atoms with Gasteiger partial charge in [0.25, 0.3) is 0 Å². The molecule has 1 aromatic carbocycles. The first-order valence-corrected chi connectivity index (χ1v) is 7.07. The third-order valence-corrected chi connectivity index (χ3v) is 4.07. The van der Waals surface area contributed by atoms with Crippen LogP contribution in [0.5, 0.6) is 0 Å². The first-order chi connectivity index (χ1) is 9.11. The molecule has 0 saturated heterocycles. The fourth-order valence-electron chi connectivity index (χ4n) is 3.04. The molecule has 2 unspecified atom stereocenters. The Bertz CT molecular complexity index is 456. The number of hydrogen-bond donors (Lipinski definition) is 0. The zero-order chi connectivity index (χ0) is 13.8. The van der Waals surface area contributed by atoms with Gasteiger partial charge < -0.3 is 0 Å². The van der Waals surface area contributed by atoms with E-state index in [2.05, 4.69) is 6.92 Å². The summed E-state index contributed by atoms with van der Waals surface area (Å²) in [6.45, 7) is 2.14. The molecular formula is C16H20F2O. The largest absolute Gasteiger partial charge is 0.299 e. The summed E-state index contributed by atoms with van der Waals surface area (Å²) in [6.07, 6.45) is 4.93. The molecule has 1 aromatic rings. The Balaban J connectivity index is 2.08. The Morgan fingerprint density at radius 2 is 2.11 bits per heavy atom. The molecule has 0 bridgehead atoms. The maximum Gasteiger partial charge on any atom is 0.162 e. The molecule has 0 N–H and O–H groups in total. The van der Waals surface area contributed by atoms with Crippen molar-refractivity contribution in [3.8, 4) is 0 Å². The first kappa shape index (κ1) is 14.2. The van der Waals surface area contributed by atoms with Crippen LogP contribution in [-0.2, 0) is 11.2 Å². The molecule has 1 fully saturated rings. The molecule has 3 heteroatoms. The van der Waals surface area contributed by atoms with Crippen LogP contribution in [0.4, 0.5) is 8.78 Å². The lowest BCUT2D eigenvalue weighted by atomic mass is 9.76. The molecule has 1 saturated carbocycles. The van der Waals surface area contributed by atoms with Gasteiger partial charge >= 0.3 is 0 Å². The molecule has 2 atom stereocenters. The van der Waals surface area contributed by atoms with Crippen molar-refractivity contribution in [2.24, 2.45) is 11.8 Å². The van der Waals surface area contributed by atoms with Crippen molar-refractivity contribution in [1.29, 1.82) is 0 Å². The van der Waals surface area contributed by atoms with Crippen molar-refractivity contribution >= 4 is 5.78 Å². The summed E-state index contributed by atoms with van der Waals surface area (Å²) < 4.78 is 26.8. The highest BCUT2D eigenvalue weighted by atomic mass is 19.2. The van der Waals surface area contributed by atoms with E-state index in [0.29, 0.717) is 24.3 Å². The highest BCUT2D eigenvalue weighted by Gasteiger charge is 2.29. The van der Waals surface area contributed by atoms with Crippen molar-refractivity contribution in [3.05, 3.63) is 35.4 Å². The third-order valence-electron chi connectivity index (χ3n) is 4.07. The molecule has 0 radical (unpaired) electrons. The van der Waals surface area contributed by atoms with E-state index in [1.54, 1.807) is 6.07 Å². The third kappa shape index (κ3) is 3.40. The Kier molecular flexibility index (Phi) is 4.67. The highest BCUT2D eigenvalue weighted by molar-refractivity contribution is 5.82. The average molecular weight is 266 g/mol. The van der Waals surface area contributed by atoms with Crippen LogP contribution >= 0.6 is 0 Å². The van der Waals surface area contributed by atoms with Crippen LogP contribution in [0.1, 0.15) is 44.6 Å². The van der Waals surface area contributed by atoms with Crippen LogP contribution in [0.15, 0.2) is 18.2 Å². The van der Waals surface area contributed by atoms with E-state index in [4.69, 9.17) is 0 Å². The molecule has 1 aliphatic carbocycles. The molecule has 2 rings (SSSR count).